The smallest absolute Gasteiger partial charge is 0.317 e. The number of hydrogen-bond acceptors (Lipinski definition) is 6. The van der Waals surface area contributed by atoms with Gasteiger partial charge >= 0.3 is 6.03 Å². The number of aliphatic hydroxyl groups excluding tert-OH is 1. The number of aliphatic hydroxyl groups is 1. The Morgan fingerprint density at radius 1 is 0.960 bits per heavy atom. The number of aromatic nitrogens is 3. The van der Waals surface area contributed by atoms with E-state index in [0.29, 0.717) is 43.3 Å². The number of pyridine rings is 1. The number of urea groups is 1. The Bertz CT molecular complexity index is 1430. The van der Waals surface area contributed by atoms with E-state index in [9.17, 15) is 19.5 Å². The summed E-state index contributed by atoms with van der Waals surface area (Å²) in [6.07, 6.45) is 13.1. The summed E-state index contributed by atoms with van der Waals surface area (Å²) in [5, 5.41) is 17.5. The van der Waals surface area contributed by atoms with Crippen LogP contribution < -0.4 is 10.6 Å². The molecule has 0 bridgehead atoms. The van der Waals surface area contributed by atoms with Crippen LogP contribution in [-0.2, 0) is 28.9 Å². The molecule has 272 valence electrons. The molecule has 4 atom stereocenters. The van der Waals surface area contributed by atoms with Gasteiger partial charge in [-0.15, -0.1) is 0 Å². The maximum absolute atomic E-state index is 14.4. The highest BCUT2D eigenvalue weighted by molar-refractivity contribution is 5.92. The molecular formula is C39H57N7O4. The number of nitrogens with zero attached hydrogens (tertiary/aromatic N) is 4. The molecule has 0 aliphatic heterocycles. The van der Waals surface area contributed by atoms with Gasteiger partial charge in [-0.25, -0.2) is 9.78 Å². The van der Waals surface area contributed by atoms with Gasteiger partial charge in [-0.2, -0.15) is 0 Å². The minimum atomic E-state index is -0.932. The van der Waals surface area contributed by atoms with Crippen molar-refractivity contribution < 1.29 is 19.5 Å². The highest BCUT2D eigenvalue weighted by Crippen LogP contribution is 2.29. The first kappa shape index (κ1) is 38.6. The van der Waals surface area contributed by atoms with Gasteiger partial charge in [0.25, 0.3) is 0 Å². The first-order chi connectivity index (χ1) is 24.1. The molecule has 1 aromatic carbocycles. The van der Waals surface area contributed by atoms with E-state index in [0.717, 1.165) is 30.5 Å². The first-order valence-electron chi connectivity index (χ1n) is 18.3. The SMILES string of the molecule is CC(C)CC[C@H](O)C(CC1CCCCC1)NC(=O)[C@H](Cc1cnc[nH]1)N(C)C(=O)[C@H](Cc1ccccc1)NC(=O)N(C)CCc1ccccn1. The van der Waals surface area contributed by atoms with Gasteiger partial charge < -0.3 is 30.5 Å². The molecule has 2 aromatic heterocycles. The van der Waals surface area contributed by atoms with Crippen molar-refractivity contribution in [3.8, 4) is 0 Å². The van der Waals surface area contributed by atoms with Crippen LogP contribution in [-0.4, -0.2) is 92.6 Å². The molecule has 3 aromatic rings. The van der Waals surface area contributed by atoms with Crippen LogP contribution in [0.15, 0.2) is 67.3 Å². The molecule has 1 saturated carbocycles. The number of carbonyl (C=O) groups excluding carboxylic acids is 3. The summed E-state index contributed by atoms with van der Waals surface area (Å²) in [5.74, 6) is 0.146. The summed E-state index contributed by atoms with van der Waals surface area (Å²) in [7, 11) is 3.31. The first-order valence-corrected chi connectivity index (χ1v) is 18.3. The number of likely N-dealkylation sites (N-methyl/N-ethyl adjacent to an activating group) is 2. The van der Waals surface area contributed by atoms with Crippen LogP contribution in [0.2, 0.25) is 0 Å². The molecule has 4 rings (SSSR count). The van der Waals surface area contributed by atoms with Crippen LogP contribution >= 0.6 is 0 Å². The predicted molar refractivity (Wildman–Crippen MR) is 195 cm³/mol. The quantitative estimate of drug-likeness (QED) is 0.150. The van der Waals surface area contributed by atoms with Crippen LogP contribution in [0.4, 0.5) is 4.79 Å². The zero-order chi connectivity index (χ0) is 35.9. The summed E-state index contributed by atoms with van der Waals surface area (Å²) < 4.78 is 0. The lowest BCUT2D eigenvalue weighted by Gasteiger charge is -2.35. The van der Waals surface area contributed by atoms with Crippen molar-refractivity contribution in [1.29, 1.82) is 0 Å². The van der Waals surface area contributed by atoms with Crippen LogP contribution in [0.25, 0.3) is 0 Å². The molecule has 1 aliphatic carbocycles. The summed E-state index contributed by atoms with van der Waals surface area (Å²) in [6.45, 7) is 4.67. The number of H-pyrrole nitrogens is 1. The van der Waals surface area contributed by atoms with Gasteiger partial charge in [0.05, 0.1) is 18.5 Å². The molecule has 11 heteroatoms. The average molecular weight is 688 g/mol. The Hall–Kier alpha value is -4.25. The van der Waals surface area contributed by atoms with E-state index in [1.165, 1.54) is 24.2 Å². The van der Waals surface area contributed by atoms with E-state index in [1.807, 2.05) is 48.5 Å². The highest BCUT2D eigenvalue weighted by Gasteiger charge is 2.35. The lowest BCUT2D eigenvalue weighted by molar-refractivity contribution is -0.141. The van der Waals surface area contributed by atoms with E-state index >= 15 is 0 Å². The third-order valence-corrected chi connectivity index (χ3v) is 9.88. The van der Waals surface area contributed by atoms with Gasteiger partial charge in [0.15, 0.2) is 0 Å². The Kier molecular flexibility index (Phi) is 15.3. The molecule has 4 amide bonds. The van der Waals surface area contributed by atoms with Crippen molar-refractivity contribution in [3.63, 3.8) is 0 Å². The van der Waals surface area contributed by atoms with Gasteiger partial charge in [0, 0.05) is 63.7 Å². The topological polar surface area (TPSA) is 144 Å². The second kappa shape index (κ2) is 19.8. The van der Waals surface area contributed by atoms with Gasteiger partial charge in [-0.05, 0) is 48.8 Å². The van der Waals surface area contributed by atoms with Gasteiger partial charge in [0.2, 0.25) is 11.8 Å². The van der Waals surface area contributed by atoms with Crippen LogP contribution in [0.1, 0.15) is 82.2 Å². The van der Waals surface area contributed by atoms with E-state index in [2.05, 4.69) is 39.4 Å². The molecular weight excluding hydrogens is 630 g/mol. The number of hydrogen-bond donors (Lipinski definition) is 4. The number of rotatable bonds is 18. The molecule has 4 N–H and O–H groups in total. The Morgan fingerprint density at radius 3 is 2.36 bits per heavy atom. The maximum atomic E-state index is 14.4. The fraction of sp³-hybridized carbons (Fsp3) is 0.564. The van der Waals surface area contributed by atoms with Crippen LogP contribution in [0, 0.1) is 11.8 Å². The molecule has 11 nitrogen and oxygen atoms in total. The molecule has 0 saturated heterocycles. The molecule has 2 heterocycles. The van der Waals surface area contributed by atoms with Crippen molar-refractivity contribution in [2.45, 2.75) is 109 Å². The van der Waals surface area contributed by atoms with Crippen molar-refractivity contribution in [3.05, 3.63) is 84.2 Å². The number of imidazole rings is 1. The average Bonchev–Trinajstić information content (AvgIpc) is 3.65. The minimum Gasteiger partial charge on any atom is -0.391 e. The second-order valence-electron chi connectivity index (χ2n) is 14.3. The van der Waals surface area contributed by atoms with Crippen molar-refractivity contribution in [2.24, 2.45) is 11.8 Å². The summed E-state index contributed by atoms with van der Waals surface area (Å²) >= 11 is 0. The molecule has 0 radical (unpaired) electrons. The standard InChI is InChI=1S/C39H57N7O4/c1-28(2)18-19-36(47)33(23-29-13-7-5-8-14-29)43-37(48)35(25-32-26-40-27-42-32)46(4)38(49)34(24-30-15-9-6-10-16-30)44-39(50)45(3)22-20-31-17-11-12-21-41-31/h6,9-12,15-17,21,26-29,33-36,47H,5,7-8,13-14,18-20,22-25H2,1-4H3,(H,40,42)(H,43,48)(H,44,50)/t33?,34-,35-,36-/m0/s1. The zero-order valence-corrected chi connectivity index (χ0v) is 30.3. The largest absolute Gasteiger partial charge is 0.391 e. The normalized spacial score (nSPS) is 15.9. The Morgan fingerprint density at radius 2 is 1.70 bits per heavy atom. The fourth-order valence-electron chi connectivity index (χ4n) is 6.73. The van der Waals surface area contributed by atoms with Crippen molar-refractivity contribution in [2.75, 3.05) is 20.6 Å². The van der Waals surface area contributed by atoms with E-state index < -0.39 is 24.2 Å². The molecule has 1 unspecified atom stereocenters. The zero-order valence-electron chi connectivity index (χ0n) is 30.3. The lowest BCUT2D eigenvalue weighted by atomic mass is 9.83. The van der Waals surface area contributed by atoms with E-state index in [1.54, 1.807) is 37.7 Å². The van der Waals surface area contributed by atoms with Crippen molar-refractivity contribution >= 4 is 17.8 Å². The van der Waals surface area contributed by atoms with Gasteiger partial charge in [-0.3, -0.25) is 14.6 Å². The molecule has 50 heavy (non-hydrogen) atoms. The predicted octanol–water partition coefficient (Wildman–Crippen LogP) is 4.92. The maximum Gasteiger partial charge on any atom is 0.317 e. The Balaban J connectivity index is 1.54. The van der Waals surface area contributed by atoms with Crippen LogP contribution in [0.3, 0.4) is 0 Å². The van der Waals surface area contributed by atoms with Gasteiger partial charge in [-0.1, -0.05) is 82.3 Å². The third kappa shape index (κ3) is 12.3. The number of carbonyl (C=O) groups is 3. The molecule has 1 fully saturated rings. The monoisotopic (exact) mass is 687 g/mol. The van der Waals surface area contributed by atoms with E-state index in [-0.39, 0.29) is 30.7 Å². The van der Waals surface area contributed by atoms with Crippen molar-refractivity contribution in [1.82, 2.24) is 35.4 Å². The third-order valence-electron chi connectivity index (χ3n) is 9.88. The lowest BCUT2D eigenvalue weighted by Crippen LogP contribution is -2.58. The minimum absolute atomic E-state index is 0.197. The summed E-state index contributed by atoms with van der Waals surface area (Å²) in [5.41, 5.74) is 2.45. The highest BCUT2D eigenvalue weighted by atomic mass is 16.3. The Labute approximate surface area is 297 Å². The number of amides is 4. The number of nitrogens with one attached hydrogen (secondary N) is 3. The molecule has 1 aliphatic rings. The molecule has 0 spiro atoms. The number of benzene rings is 1. The second-order valence-corrected chi connectivity index (χ2v) is 14.3. The number of aromatic amines is 1. The summed E-state index contributed by atoms with van der Waals surface area (Å²) in [6, 6.07) is 12.5. The summed E-state index contributed by atoms with van der Waals surface area (Å²) in [4.78, 5) is 56.7. The van der Waals surface area contributed by atoms with Crippen LogP contribution in [0.5, 0.6) is 0 Å². The van der Waals surface area contributed by atoms with Gasteiger partial charge in [0.1, 0.15) is 12.1 Å². The fourth-order valence-corrected chi connectivity index (χ4v) is 6.73. The van der Waals surface area contributed by atoms with E-state index in [4.69, 9.17) is 0 Å².